The summed E-state index contributed by atoms with van der Waals surface area (Å²) in [6.07, 6.45) is 6.70. The Morgan fingerprint density at radius 1 is 1.13 bits per heavy atom. The van der Waals surface area contributed by atoms with Gasteiger partial charge in [-0.25, -0.2) is 24.5 Å². The van der Waals surface area contributed by atoms with E-state index < -0.39 is 53.2 Å². The van der Waals surface area contributed by atoms with Gasteiger partial charge in [-0.05, 0) is 65.5 Å². The molecule has 1 saturated heterocycles. The number of fused-ring (bicyclic) bond motifs is 3. The van der Waals surface area contributed by atoms with Gasteiger partial charge in [0.25, 0.3) is 0 Å². The fraction of sp³-hybridized carbons (Fsp3) is 0.526. The maximum atomic E-state index is 14.5. The number of nitrogens with zero attached hydrogens (tertiary/aromatic N) is 4. The third-order valence-electron chi connectivity index (χ3n) is 9.62. The smallest absolute Gasteiger partial charge is 0.408 e. The lowest BCUT2D eigenvalue weighted by Crippen LogP contribution is -2.56. The molecule has 2 aliphatic heterocycles. The van der Waals surface area contributed by atoms with Crippen molar-refractivity contribution in [3.63, 3.8) is 0 Å². The number of allylic oxidation sites excluding steroid dienone is 1. The van der Waals surface area contributed by atoms with Crippen LogP contribution in [-0.2, 0) is 28.7 Å². The molecule has 1 saturated carbocycles. The molecule has 1 aromatic carbocycles. The lowest BCUT2D eigenvalue weighted by Gasteiger charge is -2.30. The normalized spacial score (nSPS) is 24.3. The molecule has 3 aromatic rings. The Hall–Kier alpha value is -5.32. The number of anilines is 1. The van der Waals surface area contributed by atoms with E-state index in [9.17, 15) is 24.0 Å². The second-order valence-electron chi connectivity index (χ2n) is 14.8. The van der Waals surface area contributed by atoms with Crippen molar-refractivity contribution in [2.24, 2.45) is 5.92 Å². The van der Waals surface area contributed by atoms with Crippen LogP contribution in [-0.4, -0.2) is 99.7 Å². The molecule has 4 amide bonds. The molecule has 2 fully saturated rings. The van der Waals surface area contributed by atoms with Gasteiger partial charge in [0.1, 0.15) is 40.8 Å². The van der Waals surface area contributed by atoms with Gasteiger partial charge in [0.05, 0.1) is 31.3 Å². The maximum Gasteiger partial charge on any atom is 0.408 e. The molecule has 3 aliphatic rings. The van der Waals surface area contributed by atoms with Crippen LogP contribution < -0.4 is 25.4 Å². The highest BCUT2D eigenvalue weighted by molar-refractivity contribution is 7.14. The van der Waals surface area contributed by atoms with Crippen molar-refractivity contribution in [2.45, 2.75) is 102 Å². The molecule has 3 N–H and O–H groups in total. The molecule has 17 heteroatoms. The lowest BCUT2D eigenvalue weighted by molar-refractivity contribution is -0.150. The minimum atomic E-state index is -1.26. The molecular formula is C38H47N7O9S. The highest BCUT2D eigenvalue weighted by Crippen LogP contribution is 2.46. The van der Waals surface area contributed by atoms with Gasteiger partial charge in [-0.2, -0.15) is 0 Å². The van der Waals surface area contributed by atoms with E-state index in [-0.39, 0.29) is 37.1 Å². The van der Waals surface area contributed by atoms with E-state index in [1.54, 1.807) is 51.3 Å². The van der Waals surface area contributed by atoms with E-state index in [0.29, 0.717) is 53.3 Å². The molecule has 5 atom stereocenters. The van der Waals surface area contributed by atoms with Crippen LogP contribution in [0.1, 0.15) is 72.6 Å². The second-order valence-corrected chi connectivity index (χ2v) is 15.6. The third-order valence-corrected chi connectivity index (χ3v) is 10.4. The van der Waals surface area contributed by atoms with Gasteiger partial charge in [0.15, 0.2) is 10.8 Å². The first-order chi connectivity index (χ1) is 26.3. The van der Waals surface area contributed by atoms with Crippen molar-refractivity contribution in [1.82, 2.24) is 30.5 Å². The van der Waals surface area contributed by atoms with E-state index in [0.717, 1.165) is 19.3 Å². The maximum absolute atomic E-state index is 14.5. The highest BCUT2D eigenvalue weighted by atomic mass is 32.1. The lowest BCUT2D eigenvalue weighted by atomic mass is 10.0. The fourth-order valence-electron chi connectivity index (χ4n) is 6.89. The number of methoxy groups -OCH3 is 1. The Morgan fingerprint density at radius 2 is 1.95 bits per heavy atom. The highest BCUT2D eigenvalue weighted by Gasteiger charge is 2.62. The van der Waals surface area contributed by atoms with Crippen molar-refractivity contribution in [3.8, 4) is 23.0 Å². The number of esters is 1. The SMILES string of the molecule is CCOC(=O)[C@@]12C[C@H]1C=CCCCCC[C@H](NC(=O)OC(C)(C)C)C(=O)N1CC(Oc3nc4cc(OC)ccc4nc3-c3csc(NC=O)n3)C[C@H]1C(=O)N2. The van der Waals surface area contributed by atoms with Crippen LogP contribution in [0.2, 0.25) is 0 Å². The molecule has 294 valence electrons. The number of carbonyl (C=O) groups is 5. The Kier molecular flexibility index (Phi) is 11.9. The van der Waals surface area contributed by atoms with Crippen LogP contribution >= 0.6 is 11.3 Å². The number of nitrogens with one attached hydrogen (secondary N) is 3. The summed E-state index contributed by atoms with van der Waals surface area (Å²) in [5.41, 5.74) is -0.399. The van der Waals surface area contributed by atoms with E-state index in [1.165, 1.54) is 23.3 Å². The molecule has 2 aromatic heterocycles. The van der Waals surface area contributed by atoms with Gasteiger partial charge < -0.3 is 39.8 Å². The first-order valence-corrected chi connectivity index (χ1v) is 19.4. The summed E-state index contributed by atoms with van der Waals surface area (Å²) in [6, 6.07) is 3.12. The van der Waals surface area contributed by atoms with Crippen molar-refractivity contribution >= 4 is 57.8 Å². The van der Waals surface area contributed by atoms with Crippen LogP contribution in [0, 0.1) is 5.92 Å². The Labute approximate surface area is 322 Å². The van der Waals surface area contributed by atoms with Gasteiger partial charge >= 0.3 is 12.1 Å². The molecule has 55 heavy (non-hydrogen) atoms. The summed E-state index contributed by atoms with van der Waals surface area (Å²) >= 11 is 1.19. The predicted molar refractivity (Wildman–Crippen MR) is 202 cm³/mol. The number of rotatable bonds is 9. The van der Waals surface area contributed by atoms with Gasteiger partial charge in [0, 0.05) is 23.8 Å². The molecule has 0 spiro atoms. The van der Waals surface area contributed by atoms with Crippen LogP contribution in [0.15, 0.2) is 35.7 Å². The first-order valence-electron chi connectivity index (χ1n) is 18.5. The zero-order valence-electron chi connectivity index (χ0n) is 31.6. The number of aromatic nitrogens is 3. The van der Waals surface area contributed by atoms with Gasteiger partial charge in [-0.3, -0.25) is 14.4 Å². The largest absolute Gasteiger partial charge is 0.497 e. The number of hydrogen-bond acceptors (Lipinski definition) is 13. The van der Waals surface area contributed by atoms with E-state index in [1.807, 2.05) is 12.2 Å². The average Bonchev–Trinajstić information content (AvgIpc) is 3.41. The number of alkyl carbamates (subject to hydrolysis) is 1. The summed E-state index contributed by atoms with van der Waals surface area (Å²) in [4.78, 5) is 81.9. The molecule has 4 heterocycles. The average molecular weight is 778 g/mol. The Bertz CT molecular complexity index is 1960. The molecule has 0 bridgehead atoms. The Balaban J connectivity index is 1.36. The van der Waals surface area contributed by atoms with Crippen LogP contribution in [0.5, 0.6) is 11.6 Å². The molecule has 0 radical (unpaired) electrons. The van der Waals surface area contributed by atoms with Crippen LogP contribution in [0.4, 0.5) is 9.93 Å². The second kappa shape index (κ2) is 16.6. The molecular weight excluding hydrogens is 731 g/mol. The number of benzene rings is 1. The predicted octanol–water partition coefficient (Wildman–Crippen LogP) is 4.53. The van der Waals surface area contributed by atoms with Crippen molar-refractivity contribution in [2.75, 3.05) is 25.6 Å². The van der Waals surface area contributed by atoms with Gasteiger partial charge in [-0.1, -0.05) is 25.0 Å². The zero-order valence-corrected chi connectivity index (χ0v) is 32.4. The molecule has 1 unspecified atom stereocenters. The quantitative estimate of drug-likeness (QED) is 0.156. The van der Waals surface area contributed by atoms with Crippen molar-refractivity contribution in [3.05, 3.63) is 35.7 Å². The fourth-order valence-corrected chi connectivity index (χ4v) is 7.55. The standard InChI is InChI=1S/C38H47N7O9S/c1-6-52-34(49)38-18-22(38)12-10-8-7-9-11-13-26(43-36(50)54-37(2,3)4)33(48)45-19-24(17-29(45)31(47)44-38)53-32-30(28-20-55-35(42-28)39-21-46)40-25-15-14-23(51-5)16-27(25)41-32/h10,12,14-16,20-22,24,26,29H,6-9,11,13,17-19H2,1-5H3,(H,43,50)(H,44,47)(H,39,42,46)/t22-,24?,26+,29+,38-/m1/s1. The van der Waals surface area contributed by atoms with Crippen LogP contribution in [0.3, 0.4) is 0 Å². The van der Waals surface area contributed by atoms with E-state index in [4.69, 9.17) is 28.9 Å². The minimum absolute atomic E-state index is 0.0302. The first kappa shape index (κ1) is 39.4. The minimum Gasteiger partial charge on any atom is -0.497 e. The van der Waals surface area contributed by atoms with Crippen molar-refractivity contribution < 1.29 is 42.9 Å². The zero-order chi connectivity index (χ0) is 39.3. The number of thiazole rings is 1. The molecule has 1 aliphatic carbocycles. The topological polar surface area (TPSA) is 200 Å². The number of amides is 4. The summed E-state index contributed by atoms with van der Waals surface area (Å²) in [6.45, 7) is 7.00. The van der Waals surface area contributed by atoms with E-state index in [2.05, 4.69) is 20.9 Å². The van der Waals surface area contributed by atoms with Gasteiger partial charge in [0.2, 0.25) is 24.1 Å². The van der Waals surface area contributed by atoms with Crippen molar-refractivity contribution in [1.29, 1.82) is 0 Å². The molecule has 6 rings (SSSR count). The number of hydrogen-bond donors (Lipinski definition) is 3. The summed E-state index contributed by atoms with van der Waals surface area (Å²) in [7, 11) is 1.54. The Morgan fingerprint density at radius 3 is 2.69 bits per heavy atom. The number of carbonyl (C=O) groups excluding carboxylic acids is 5. The summed E-state index contributed by atoms with van der Waals surface area (Å²) in [5, 5.41) is 10.3. The number of ether oxygens (including phenoxy) is 4. The van der Waals surface area contributed by atoms with E-state index >= 15 is 0 Å². The van der Waals surface area contributed by atoms with Gasteiger partial charge in [-0.15, -0.1) is 11.3 Å². The third kappa shape index (κ3) is 9.15. The van der Waals surface area contributed by atoms with Crippen LogP contribution in [0.25, 0.3) is 22.4 Å². The summed E-state index contributed by atoms with van der Waals surface area (Å²) < 4.78 is 22.9. The summed E-state index contributed by atoms with van der Waals surface area (Å²) in [5.74, 6) is -1.19. The molecule has 16 nitrogen and oxygen atoms in total. The monoisotopic (exact) mass is 777 g/mol.